The van der Waals surface area contributed by atoms with Crippen molar-refractivity contribution in [2.24, 2.45) is 0 Å². The first kappa shape index (κ1) is 15.0. The summed E-state index contributed by atoms with van der Waals surface area (Å²) >= 11 is 0. The van der Waals surface area contributed by atoms with Crippen LogP contribution >= 0.6 is 0 Å². The molecular formula is C17H21N3O. The lowest BCUT2D eigenvalue weighted by atomic mass is 10.1. The van der Waals surface area contributed by atoms with Crippen LogP contribution in [0.25, 0.3) is 0 Å². The maximum absolute atomic E-state index is 12.1. The SMILES string of the molecule is CCNc1ccc(C(=O)NCCc2ccccn2)cc1C. The van der Waals surface area contributed by atoms with Gasteiger partial charge in [-0.1, -0.05) is 6.07 Å². The van der Waals surface area contributed by atoms with Gasteiger partial charge in [-0.15, -0.1) is 0 Å². The highest BCUT2D eigenvalue weighted by atomic mass is 16.1. The van der Waals surface area contributed by atoms with E-state index in [0.717, 1.165) is 29.9 Å². The van der Waals surface area contributed by atoms with E-state index in [2.05, 4.69) is 22.5 Å². The minimum Gasteiger partial charge on any atom is -0.385 e. The second kappa shape index (κ2) is 7.43. The summed E-state index contributed by atoms with van der Waals surface area (Å²) in [5.74, 6) is -0.0444. The van der Waals surface area contributed by atoms with Crippen molar-refractivity contribution >= 4 is 11.6 Å². The van der Waals surface area contributed by atoms with E-state index in [1.165, 1.54) is 0 Å². The Bertz CT molecular complexity index is 596. The molecule has 110 valence electrons. The summed E-state index contributed by atoms with van der Waals surface area (Å²) in [6.07, 6.45) is 2.50. The molecule has 0 fully saturated rings. The highest BCUT2D eigenvalue weighted by Crippen LogP contribution is 2.16. The van der Waals surface area contributed by atoms with Gasteiger partial charge in [-0.25, -0.2) is 0 Å². The van der Waals surface area contributed by atoms with Gasteiger partial charge in [0.25, 0.3) is 5.91 Å². The minimum absolute atomic E-state index is 0.0444. The molecule has 1 aromatic heterocycles. The summed E-state index contributed by atoms with van der Waals surface area (Å²) < 4.78 is 0. The quantitative estimate of drug-likeness (QED) is 0.857. The Morgan fingerprint density at radius 3 is 2.76 bits per heavy atom. The number of anilines is 1. The van der Waals surface area contributed by atoms with E-state index in [4.69, 9.17) is 0 Å². The summed E-state index contributed by atoms with van der Waals surface area (Å²) in [5.41, 5.74) is 3.82. The van der Waals surface area contributed by atoms with Gasteiger partial charge in [0.05, 0.1) is 0 Å². The monoisotopic (exact) mass is 283 g/mol. The Labute approximate surface area is 125 Å². The van der Waals surface area contributed by atoms with Crippen LogP contribution in [0.5, 0.6) is 0 Å². The standard InChI is InChI=1S/C17H21N3O/c1-3-18-16-8-7-14(12-13(16)2)17(21)20-11-9-15-6-4-5-10-19-15/h4-8,10,12,18H,3,9,11H2,1-2H3,(H,20,21). The van der Waals surface area contributed by atoms with Crippen LogP contribution in [0.3, 0.4) is 0 Å². The topological polar surface area (TPSA) is 54.0 Å². The van der Waals surface area contributed by atoms with Crippen molar-refractivity contribution in [1.29, 1.82) is 0 Å². The summed E-state index contributed by atoms with van der Waals surface area (Å²) in [6, 6.07) is 11.5. The van der Waals surface area contributed by atoms with E-state index in [0.29, 0.717) is 12.1 Å². The molecule has 0 saturated carbocycles. The number of aromatic nitrogens is 1. The fourth-order valence-electron chi connectivity index (χ4n) is 2.15. The largest absolute Gasteiger partial charge is 0.385 e. The zero-order chi connectivity index (χ0) is 15.1. The highest BCUT2D eigenvalue weighted by Gasteiger charge is 2.07. The van der Waals surface area contributed by atoms with E-state index in [1.54, 1.807) is 6.20 Å². The molecule has 2 N–H and O–H groups in total. The number of amides is 1. The van der Waals surface area contributed by atoms with Crippen LogP contribution in [0.15, 0.2) is 42.6 Å². The first-order valence-electron chi connectivity index (χ1n) is 7.23. The third kappa shape index (κ3) is 4.31. The second-order valence-corrected chi connectivity index (χ2v) is 4.89. The molecule has 4 nitrogen and oxygen atoms in total. The summed E-state index contributed by atoms with van der Waals surface area (Å²) in [6.45, 7) is 5.51. The van der Waals surface area contributed by atoms with Gasteiger partial charge in [0.2, 0.25) is 0 Å². The van der Waals surface area contributed by atoms with Gasteiger partial charge in [-0.3, -0.25) is 9.78 Å². The van der Waals surface area contributed by atoms with Crippen LogP contribution in [0.2, 0.25) is 0 Å². The van der Waals surface area contributed by atoms with Crippen molar-refractivity contribution in [2.75, 3.05) is 18.4 Å². The van der Waals surface area contributed by atoms with Crippen LogP contribution < -0.4 is 10.6 Å². The molecule has 1 amide bonds. The fourth-order valence-corrected chi connectivity index (χ4v) is 2.15. The minimum atomic E-state index is -0.0444. The number of pyridine rings is 1. The average molecular weight is 283 g/mol. The van der Waals surface area contributed by atoms with Crippen molar-refractivity contribution in [3.05, 3.63) is 59.4 Å². The van der Waals surface area contributed by atoms with Crippen LogP contribution in [0, 0.1) is 6.92 Å². The van der Waals surface area contributed by atoms with Crippen LogP contribution in [-0.2, 0) is 6.42 Å². The number of hydrogen-bond acceptors (Lipinski definition) is 3. The molecule has 21 heavy (non-hydrogen) atoms. The fraction of sp³-hybridized carbons (Fsp3) is 0.294. The number of hydrogen-bond donors (Lipinski definition) is 2. The highest BCUT2D eigenvalue weighted by molar-refractivity contribution is 5.94. The van der Waals surface area contributed by atoms with Gasteiger partial charge in [0.1, 0.15) is 0 Å². The van der Waals surface area contributed by atoms with E-state index in [9.17, 15) is 4.79 Å². The van der Waals surface area contributed by atoms with Crippen molar-refractivity contribution in [1.82, 2.24) is 10.3 Å². The Kier molecular flexibility index (Phi) is 5.32. The molecule has 0 aliphatic heterocycles. The molecule has 1 aromatic carbocycles. The van der Waals surface area contributed by atoms with E-state index >= 15 is 0 Å². The van der Waals surface area contributed by atoms with E-state index in [-0.39, 0.29) is 5.91 Å². The predicted octanol–water partition coefficient (Wildman–Crippen LogP) is 2.79. The van der Waals surface area contributed by atoms with Gasteiger partial charge >= 0.3 is 0 Å². The second-order valence-electron chi connectivity index (χ2n) is 4.89. The lowest BCUT2D eigenvalue weighted by Crippen LogP contribution is -2.26. The molecule has 0 radical (unpaired) electrons. The number of rotatable bonds is 6. The van der Waals surface area contributed by atoms with E-state index in [1.807, 2.05) is 43.3 Å². The Balaban J connectivity index is 1.90. The molecule has 0 aliphatic rings. The zero-order valence-electron chi connectivity index (χ0n) is 12.5. The molecule has 0 atom stereocenters. The van der Waals surface area contributed by atoms with Gasteiger partial charge in [0.15, 0.2) is 0 Å². The van der Waals surface area contributed by atoms with Crippen molar-refractivity contribution in [2.45, 2.75) is 20.3 Å². The molecule has 0 saturated heterocycles. The molecule has 2 aromatic rings. The first-order chi connectivity index (χ1) is 10.2. The number of nitrogens with zero attached hydrogens (tertiary/aromatic N) is 1. The third-order valence-electron chi connectivity index (χ3n) is 3.25. The first-order valence-corrected chi connectivity index (χ1v) is 7.23. The molecular weight excluding hydrogens is 262 g/mol. The summed E-state index contributed by atoms with van der Waals surface area (Å²) in [4.78, 5) is 16.3. The molecule has 1 heterocycles. The van der Waals surface area contributed by atoms with Gasteiger partial charge < -0.3 is 10.6 Å². The maximum Gasteiger partial charge on any atom is 0.251 e. The van der Waals surface area contributed by atoms with Gasteiger partial charge in [-0.05, 0) is 49.7 Å². The predicted molar refractivity (Wildman–Crippen MR) is 85.6 cm³/mol. The van der Waals surface area contributed by atoms with Crippen LogP contribution in [-0.4, -0.2) is 24.0 Å². The number of benzene rings is 1. The lowest BCUT2D eigenvalue weighted by Gasteiger charge is -2.10. The molecule has 0 spiro atoms. The van der Waals surface area contributed by atoms with Gasteiger partial charge in [-0.2, -0.15) is 0 Å². The number of nitrogens with one attached hydrogen (secondary N) is 2. The molecule has 0 aliphatic carbocycles. The number of carbonyl (C=O) groups excluding carboxylic acids is 1. The Hall–Kier alpha value is -2.36. The van der Waals surface area contributed by atoms with Gasteiger partial charge in [0, 0.05) is 42.7 Å². The molecule has 0 bridgehead atoms. The average Bonchev–Trinajstić information content (AvgIpc) is 2.50. The normalized spacial score (nSPS) is 10.2. The van der Waals surface area contributed by atoms with Crippen molar-refractivity contribution in [3.8, 4) is 0 Å². The van der Waals surface area contributed by atoms with Crippen molar-refractivity contribution in [3.63, 3.8) is 0 Å². The molecule has 2 rings (SSSR count). The number of aryl methyl sites for hydroxylation is 1. The summed E-state index contributed by atoms with van der Waals surface area (Å²) in [5, 5.41) is 6.19. The third-order valence-corrected chi connectivity index (χ3v) is 3.25. The molecule has 4 heteroatoms. The summed E-state index contributed by atoms with van der Waals surface area (Å²) in [7, 11) is 0. The smallest absolute Gasteiger partial charge is 0.251 e. The zero-order valence-corrected chi connectivity index (χ0v) is 12.5. The lowest BCUT2D eigenvalue weighted by molar-refractivity contribution is 0.0954. The van der Waals surface area contributed by atoms with Crippen LogP contribution in [0.4, 0.5) is 5.69 Å². The Morgan fingerprint density at radius 2 is 2.10 bits per heavy atom. The van der Waals surface area contributed by atoms with Crippen LogP contribution in [0.1, 0.15) is 28.5 Å². The van der Waals surface area contributed by atoms with Crippen molar-refractivity contribution < 1.29 is 4.79 Å². The number of carbonyl (C=O) groups is 1. The maximum atomic E-state index is 12.1. The Morgan fingerprint density at radius 1 is 1.24 bits per heavy atom. The van der Waals surface area contributed by atoms with E-state index < -0.39 is 0 Å². The molecule has 0 unspecified atom stereocenters.